The molecular weight excluding hydrogens is 373 g/mol. The average molecular weight is 386 g/mol. The molecule has 9 heteroatoms. The summed E-state index contributed by atoms with van der Waals surface area (Å²) >= 11 is 0. The van der Waals surface area contributed by atoms with E-state index in [1.807, 2.05) is 18.2 Å². The van der Waals surface area contributed by atoms with Gasteiger partial charge in [0.15, 0.2) is 5.82 Å². The maximum atomic E-state index is 12.9. The van der Waals surface area contributed by atoms with Gasteiger partial charge in [-0.3, -0.25) is 9.78 Å². The molecular formula is C19H13F3N4O2. The number of esters is 1. The number of aromatic nitrogens is 3. The molecule has 0 amide bonds. The van der Waals surface area contributed by atoms with Crippen molar-refractivity contribution < 1.29 is 22.7 Å². The SMILES string of the molecule is O=C1Cc2cccc(CNc3ccnc(-c4cncc(C(F)(F)F)c4)n3)c2O1. The Balaban J connectivity index is 1.55. The molecule has 1 aromatic carbocycles. The third-order valence-corrected chi connectivity index (χ3v) is 4.17. The molecule has 0 saturated heterocycles. The zero-order chi connectivity index (χ0) is 19.7. The van der Waals surface area contributed by atoms with E-state index in [2.05, 4.69) is 20.3 Å². The van der Waals surface area contributed by atoms with Gasteiger partial charge in [-0.1, -0.05) is 18.2 Å². The van der Waals surface area contributed by atoms with E-state index in [0.29, 0.717) is 18.1 Å². The molecule has 1 N–H and O–H groups in total. The Morgan fingerprint density at radius 2 is 2.04 bits per heavy atom. The molecule has 6 nitrogen and oxygen atoms in total. The molecule has 0 saturated carbocycles. The van der Waals surface area contributed by atoms with Gasteiger partial charge < -0.3 is 10.1 Å². The second-order valence-corrected chi connectivity index (χ2v) is 6.14. The number of carbonyl (C=O) groups excluding carboxylic acids is 1. The van der Waals surface area contributed by atoms with Crippen LogP contribution < -0.4 is 10.1 Å². The summed E-state index contributed by atoms with van der Waals surface area (Å²) in [6.45, 7) is 0.327. The van der Waals surface area contributed by atoms with Crippen molar-refractivity contribution in [3.63, 3.8) is 0 Å². The van der Waals surface area contributed by atoms with Crippen LogP contribution in [0.2, 0.25) is 0 Å². The van der Waals surface area contributed by atoms with E-state index in [-0.39, 0.29) is 23.8 Å². The van der Waals surface area contributed by atoms with E-state index in [1.165, 1.54) is 12.4 Å². The van der Waals surface area contributed by atoms with Crippen molar-refractivity contribution in [1.82, 2.24) is 15.0 Å². The van der Waals surface area contributed by atoms with Gasteiger partial charge in [0.25, 0.3) is 0 Å². The topological polar surface area (TPSA) is 77.0 Å². The minimum atomic E-state index is -4.50. The highest BCUT2D eigenvalue weighted by molar-refractivity contribution is 5.81. The number of alkyl halides is 3. The van der Waals surface area contributed by atoms with Crippen LogP contribution in [0.15, 0.2) is 48.9 Å². The second kappa shape index (κ2) is 6.91. The molecule has 0 aliphatic carbocycles. The number of hydrogen-bond donors (Lipinski definition) is 1. The summed E-state index contributed by atoms with van der Waals surface area (Å²) in [7, 11) is 0. The largest absolute Gasteiger partial charge is 0.426 e. The molecule has 142 valence electrons. The molecule has 0 spiro atoms. The van der Waals surface area contributed by atoms with Crippen molar-refractivity contribution in [2.75, 3.05) is 5.32 Å². The van der Waals surface area contributed by atoms with Gasteiger partial charge in [0.1, 0.15) is 11.6 Å². The third kappa shape index (κ3) is 3.64. The predicted molar refractivity (Wildman–Crippen MR) is 93.4 cm³/mol. The molecule has 1 aliphatic heterocycles. The zero-order valence-electron chi connectivity index (χ0n) is 14.3. The highest BCUT2D eigenvalue weighted by atomic mass is 19.4. The highest BCUT2D eigenvalue weighted by Gasteiger charge is 2.31. The number of hydrogen-bond acceptors (Lipinski definition) is 6. The number of carbonyl (C=O) groups is 1. The Bertz CT molecular complexity index is 1050. The second-order valence-electron chi connectivity index (χ2n) is 6.14. The number of ether oxygens (including phenoxy) is 1. The predicted octanol–water partition coefficient (Wildman–Crippen LogP) is 3.63. The standard InChI is InChI=1S/C19H13F3N4O2/c20-19(21,22)14-6-13(8-23-10-14)18-24-5-4-15(26-18)25-9-12-3-1-2-11-7-16(27)28-17(11)12/h1-6,8,10H,7,9H2,(H,24,25,26). The van der Waals surface area contributed by atoms with E-state index in [9.17, 15) is 18.0 Å². The monoisotopic (exact) mass is 386 g/mol. The fourth-order valence-corrected chi connectivity index (χ4v) is 2.85. The molecule has 0 fully saturated rings. The summed E-state index contributed by atoms with van der Waals surface area (Å²) in [5.74, 6) is 0.776. The van der Waals surface area contributed by atoms with Crippen molar-refractivity contribution in [3.05, 3.63) is 65.6 Å². The molecule has 0 unspecified atom stereocenters. The summed E-state index contributed by atoms with van der Waals surface area (Å²) in [5, 5.41) is 3.08. The minimum absolute atomic E-state index is 0.119. The van der Waals surface area contributed by atoms with Crippen LogP contribution in [0.4, 0.5) is 19.0 Å². The van der Waals surface area contributed by atoms with Crippen LogP contribution in [-0.2, 0) is 23.9 Å². The van der Waals surface area contributed by atoms with Gasteiger partial charge in [0.05, 0.1) is 12.0 Å². The van der Waals surface area contributed by atoms with E-state index in [4.69, 9.17) is 4.74 Å². The van der Waals surface area contributed by atoms with Crippen molar-refractivity contribution in [2.45, 2.75) is 19.1 Å². The third-order valence-electron chi connectivity index (χ3n) is 4.17. The van der Waals surface area contributed by atoms with Crippen LogP contribution in [0.1, 0.15) is 16.7 Å². The van der Waals surface area contributed by atoms with Crippen LogP contribution in [0.5, 0.6) is 5.75 Å². The van der Waals surface area contributed by atoms with Gasteiger partial charge in [-0.15, -0.1) is 0 Å². The molecule has 3 heterocycles. The number of nitrogens with one attached hydrogen (secondary N) is 1. The lowest BCUT2D eigenvalue weighted by molar-refractivity contribution is -0.137. The van der Waals surface area contributed by atoms with Crippen molar-refractivity contribution in [3.8, 4) is 17.1 Å². The van der Waals surface area contributed by atoms with E-state index in [1.54, 1.807) is 6.07 Å². The van der Waals surface area contributed by atoms with E-state index >= 15 is 0 Å². The lowest BCUT2D eigenvalue weighted by atomic mass is 10.1. The van der Waals surface area contributed by atoms with Crippen LogP contribution in [-0.4, -0.2) is 20.9 Å². The Kier molecular flexibility index (Phi) is 4.42. The molecule has 3 aromatic rings. The molecule has 0 radical (unpaired) electrons. The van der Waals surface area contributed by atoms with Crippen molar-refractivity contribution in [1.29, 1.82) is 0 Å². The summed E-state index contributed by atoms with van der Waals surface area (Å²) < 4.78 is 43.9. The fourth-order valence-electron chi connectivity index (χ4n) is 2.85. The lowest BCUT2D eigenvalue weighted by Crippen LogP contribution is -2.07. The van der Waals surface area contributed by atoms with Gasteiger partial charge in [0.2, 0.25) is 0 Å². The Labute approximate surface area is 157 Å². The normalized spacial score (nSPS) is 13.2. The van der Waals surface area contributed by atoms with Crippen LogP contribution in [0, 0.1) is 0 Å². The molecule has 4 rings (SSSR count). The maximum absolute atomic E-state index is 12.9. The summed E-state index contributed by atoms with van der Waals surface area (Å²) in [6.07, 6.45) is -0.783. The lowest BCUT2D eigenvalue weighted by Gasteiger charge is -2.10. The zero-order valence-corrected chi connectivity index (χ0v) is 14.3. The first-order valence-electron chi connectivity index (χ1n) is 8.31. The minimum Gasteiger partial charge on any atom is -0.426 e. The Morgan fingerprint density at radius 1 is 1.18 bits per heavy atom. The van der Waals surface area contributed by atoms with Gasteiger partial charge in [0, 0.05) is 41.8 Å². The van der Waals surface area contributed by atoms with Crippen LogP contribution in [0.3, 0.4) is 0 Å². The number of rotatable bonds is 4. The van der Waals surface area contributed by atoms with E-state index < -0.39 is 11.7 Å². The molecule has 0 atom stereocenters. The van der Waals surface area contributed by atoms with Gasteiger partial charge >= 0.3 is 12.1 Å². The molecule has 0 bridgehead atoms. The summed E-state index contributed by atoms with van der Waals surface area (Å²) in [4.78, 5) is 23.4. The first kappa shape index (κ1) is 17.9. The number of pyridine rings is 1. The van der Waals surface area contributed by atoms with Gasteiger partial charge in [-0.2, -0.15) is 13.2 Å². The quantitative estimate of drug-likeness (QED) is 0.545. The average Bonchev–Trinajstić information content (AvgIpc) is 3.07. The van der Waals surface area contributed by atoms with Crippen LogP contribution >= 0.6 is 0 Å². The fraction of sp³-hybridized carbons (Fsp3) is 0.158. The number of anilines is 1. The van der Waals surface area contributed by atoms with Crippen LogP contribution in [0.25, 0.3) is 11.4 Å². The first-order chi connectivity index (χ1) is 13.4. The smallest absolute Gasteiger partial charge is 0.417 e. The number of fused-ring (bicyclic) bond motifs is 1. The Hall–Kier alpha value is -3.49. The van der Waals surface area contributed by atoms with Crippen molar-refractivity contribution >= 4 is 11.8 Å². The van der Waals surface area contributed by atoms with E-state index in [0.717, 1.165) is 23.4 Å². The number of para-hydroxylation sites is 1. The molecule has 1 aliphatic rings. The Morgan fingerprint density at radius 3 is 2.86 bits per heavy atom. The summed E-state index contributed by atoms with van der Waals surface area (Å²) in [6, 6.07) is 8.03. The summed E-state index contributed by atoms with van der Waals surface area (Å²) in [5.41, 5.74) is 0.897. The number of nitrogens with zero attached hydrogens (tertiary/aromatic N) is 3. The number of halogens is 3. The molecule has 2 aromatic heterocycles. The van der Waals surface area contributed by atoms with Crippen molar-refractivity contribution in [2.24, 2.45) is 0 Å². The van der Waals surface area contributed by atoms with Gasteiger partial charge in [-0.05, 0) is 12.1 Å². The maximum Gasteiger partial charge on any atom is 0.417 e. The number of benzene rings is 1. The highest BCUT2D eigenvalue weighted by Crippen LogP contribution is 2.32. The first-order valence-corrected chi connectivity index (χ1v) is 8.31. The molecule has 28 heavy (non-hydrogen) atoms. The van der Waals surface area contributed by atoms with Gasteiger partial charge in [-0.25, -0.2) is 9.97 Å².